The number of ether oxygens (including phenoxy) is 1. The Hall–Kier alpha value is -3.03. The Morgan fingerprint density at radius 2 is 1.71 bits per heavy atom. The zero-order valence-electron chi connectivity index (χ0n) is 20.4. The van der Waals surface area contributed by atoms with Crippen LogP contribution in [0, 0.1) is 6.92 Å². The molecule has 0 aromatic heterocycles. The minimum Gasteiger partial charge on any atom is -0.490 e. The molecule has 3 aromatic carbocycles. The molecule has 3 rings (SSSR count). The first kappa shape index (κ1) is 26.6. The summed E-state index contributed by atoms with van der Waals surface area (Å²) < 4.78 is 32.5. The smallest absolute Gasteiger partial charge is 0.251 e. The van der Waals surface area contributed by atoms with E-state index in [-0.39, 0.29) is 25.0 Å². The van der Waals surface area contributed by atoms with Crippen molar-refractivity contribution in [2.24, 2.45) is 0 Å². The number of hydrogen-bond donors (Lipinski definition) is 1. The first-order valence-electron chi connectivity index (χ1n) is 11.4. The molecule has 0 saturated carbocycles. The van der Waals surface area contributed by atoms with Crippen LogP contribution in [-0.4, -0.2) is 33.7 Å². The van der Waals surface area contributed by atoms with Crippen molar-refractivity contribution in [1.29, 1.82) is 0 Å². The van der Waals surface area contributed by atoms with E-state index in [9.17, 15) is 13.2 Å². The van der Waals surface area contributed by atoms with Gasteiger partial charge in [0.2, 0.25) is 10.0 Å². The van der Waals surface area contributed by atoms with E-state index in [0.29, 0.717) is 28.6 Å². The van der Waals surface area contributed by atoms with Gasteiger partial charge in [-0.3, -0.25) is 9.10 Å². The zero-order chi connectivity index (χ0) is 25.6. The maximum atomic E-state index is 12.8. The molecule has 0 atom stereocenters. The number of benzene rings is 3. The summed E-state index contributed by atoms with van der Waals surface area (Å²) in [5.41, 5.74) is 3.86. The number of anilines is 1. The third-order valence-corrected chi connectivity index (χ3v) is 6.99. The average Bonchev–Trinajstić information content (AvgIpc) is 2.81. The summed E-state index contributed by atoms with van der Waals surface area (Å²) in [7, 11) is -3.53. The molecule has 0 aliphatic carbocycles. The number of carbonyl (C=O) groups excluding carboxylic acids is 1. The predicted octanol–water partition coefficient (Wildman–Crippen LogP) is 5.55. The number of hydrogen-bond acceptors (Lipinski definition) is 4. The van der Waals surface area contributed by atoms with Crippen molar-refractivity contribution >= 4 is 33.2 Å². The maximum Gasteiger partial charge on any atom is 0.251 e. The molecule has 0 aliphatic rings. The van der Waals surface area contributed by atoms with Crippen molar-refractivity contribution in [2.75, 3.05) is 23.7 Å². The van der Waals surface area contributed by atoms with Gasteiger partial charge in [-0.15, -0.1) is 0 Å². The van der Waals surface area contributed by atoms with E-state index in [1.807, 2.05) is 51.1 Å². The summed E-state index contributed by atoms with van der Waals surface area (Å²) in [4.78, 5) is 12.5. The van der Waals surface area contributed by atoms with Crippen LogP contribution < -0.4 is 14.4 Å². The van der Waals surface area contributed by atoms with Crippen molar-refractivity contribution < 1.29 is 17.9 Å². The molecule has 8 heteroatoms. The van der Waals surface area contributed by atoms with Gasteiger partial charge in [0.05, 0.1) is 30.1 Å². The fraction of sp³-hybridized carbons (Fsp3) is 0.296. The van der Waals surface area contributed by atoms with Crippen molar-refractivity contribution in [3.8, 4) is 5.75 Å². The Morgan fingerprint density at radius 3 is 2.34 bits per heavy atom. The quantitative estimate of drug-likeness (QED) is 0.360. The van der Waals surface area contributed by atoms with Crippen LogP contribution in [0.25, 0.3) is 0 Å². The van der Waals surface area contributed by atoms with E-state index in [2.05, 4.69) is 5.32 Å². The van der Waals surface area contributed by atoms with Crippen molar-refractivity contribution in [3.05, 3.63) is 94.0 Å². The molecule has 0 radical (unpaired) electrons. The number of amides is 1. The largest absolute Gasteiger partial charge is 0.490 e. The highest BCUT2D eigenvalue weighted by Crippen LogP contribution is 2.33. The molecule has 0 bridgehead atoms. The van der Waals surface area contributed by atoms with Gasteiger partial charge >= 0.3 is 0 Å². The lowest BCUT2D eigenvalue weighted by Crippen LogP contribution is -2.31. The molecule has 1 amide bonds. The van der Waals surface area contributed by atoms with E-state index < -0.39 is 10.0 Å². The van der Waals surface area contributed by atoms with Crippen molar-refractivity contribution in [1.82, 2.24) is 5.32 Å². The molecule has 0 spiro atoms. The van der Waals surface area contributed by atoms with Gasteiger partial charge in [-0.05, 0) is 53.8 Å². The normalized spacial score (nSPS) is 11.4. The number of para-hydroxylation sites is 2. The summed E-state index contributed by atoms with van der Waals surface area (Å²) in [6.07, 6.45) is 1.22. The number of sulfonamides is 1. The van der Waals surface area contributed by atoms with Crippen LogP contribution in [0.2, 0.25) is 5.02 Å². The summed E-state index contributed by atoms with van der Waals surface area (Å²) in [5.74, 6) is 0.500. The highest BCUT2D eigenvalue weighted by Gasteiger charge is 2.23. The van der Waals surface area contributed by atoms with Crippen LogP contribution in [-0.2, 0) is 16.6 Å². The Bertz CT molecular complexity index is 1270. The van der Waals surface area contributed by atoms with Gasteiger partial charge in [0, 0.05) is 5.56 Å². The molecule has 0 saturated heterocycles. The molecule has 1 N–H and O–H groups in total. The van der Waals surface area contributed by atoms with Crippen molar-refractivity contribution in [3.63, 3.8) is 0 Å². The number of nitrogens with zero attached hydrogens (tertiary/aromatic N) is 1. The van der Waals surface area contributed by atoms with Crippen LogP contribution in [0.15, 0.2) is 66.7 Å². The van der Waals surface area contributed by atoms with E-state index in [1.165, 1.54) is 10.6 Å². The first-order chi connectivity index (χ1) is 16.6. The van der Waals surface area contributed by atoms with Gasteiger partial charge in [0.1, 0.15) is 12.4 Å². The molecule has 3 aromatic rings. The van der Waals surface area contributed by atoms with Gasteiger partial charge in [0.15, 0.2) is 0 Å². The highest BCUT2D eigenvalue weighted by atomic mass is 35.5. The lowest BCUT2D eigenvalue weighted by atomic mass is 9.98. The predicted molar refractivity (Wildman–Crippen MR) is 142 cm³/mol. The molecule has 0 heterocycles. The molecule has 6 nitrogen and oxygen atoms in total. The van der Waals surface area contributed by atoms with Crippen molar-refractivity contribution in [2.45, 2.75) is 33.2 Å². The van der Waals surface area contributed by atoms with E-state index >= 15 is 0 Å². The molecule has 0 unspecified atom stereocenters. The zero-order valence-corrected chi connectivity index (χ0v) is 22.0. The summed E-state index contributed by atoms with van der Waals surface area (Å²) in [5, 5.41) is 3.33. The Labute approximate surface area is 212 Å². The summed E-state index contributed by atoms with van der Waals surface area (Å²) >= 11 is 6.06. The lowest BCUT2D eigenvalue weighted by Gasteiger charge is -2.28. The molecular formula is C27H31ClN2O4S. The minimum atomic E-state index is -3.53. The van der Waals surface area contributed by atoms with Gasteiger partial charge in [0.25, 0.3) is 5.91 Å². The summed E-state index contributed by atoms with van der Waals surface area (Å²) in [6, 6.07) is 19.9. The van der Waals surface area contributed by atoms with Crippen LogP contribution in [0.5, 0.6) is 5.75 Å². The second-order valence-electron chi connectivity index (χ2n) is 8.67. The SMILES string of the molecule is Cc1cccc(C(C)C)c1N(Cc1ccc(C(=O)NCCOc2ccccc2Cl)cc1)S(C)(=O)=O. The van der Waals surface area contributed by atoms with E-state index in [0.717, 1.165) is 16.7 Å². The monoisotopic (exact) mass is 514 g/mol. The number of nitrogens with one attached hydrogen (secondary N) is 1. The maximum absolute atomic E-state index is 12.8. The highest BCUT2D eigenvalue weighted by molar-refractivity contribution is 7.92. The third-order valence-electron chi connectivity index (χ3n) is 5.56. The minimum absolute atomic E-state index is 0.169. The topological polar surface area (TPSA) is 75.7 Å². The Kier molecular flexibility index (Phi) is 8.81. The first-order valence-corrected chi connectivity index (χ1v) is 13.6. The number of carbonyl (C=O) groups is 1. The fourth-order valence-corrected chi connectivity index (χ4v) is 4.92. The third kappa shape index (κ3) is 6.99. The fourth-order valence-electron chi connectivity index (χ4n) is 3.77. The number of rotatable bonds is 10. The standard InChI is InChI=1S/C27H31ClN2O4S/c1-19(2)23-9-7-8-20(3)26(23)30(35(4,32)33)18-21-12-14-22(15-13-21)27(31)29-16-17-34-25-11-6-5-10-24(25)28/h5-15,19H,16-18H2,1-4H3,(H,29,31). The molecule has 35 heavy (non-hydrogen) atoms. The van der Waals surface area contributed by atoms with Gasteiger partial charge < -0.3 is 10.1 Å². The molecule has 186 valence electrons. The number of aryl methyl sites for hydroxylation is 1. The molecule has 0 aliphatic heterocycles. The van der Waals surface area contributed by atoms with Gasteiger partial charge in [-0.1, -0.05) is 67.9 Å². The van der Waals surface area contributed by atoms with E-state index in [1.54, 1.807) is 36.4 Å². The van der Waals surface area contributed by atoms with Crippen LogP contribution in [0.3, 0.4) is 0 Å². The second kappa shape index (κ2) is 11.6. The second-order valence-corrected chi connectivity index (χ2v) is 11.0. The van der Waals surface area contributed by atoms with Gasteiger partial charge in [-0.2, -0.15) is 0 Å². The molecule has 0 fully saturated rings. The van der Waals surface area contributed by atoms with Crippen LogP contribution >= 0.6 is 11.6 Å². The Morgan fingerprint density at radius 1 is 1.03 bits per heavy atom. The number of halogens is 1. The molecular weight excluding hydrogens is 484 g/mol. The average molecular weight is 515 g/mol. The van der Waals surface area contributed by atoms with Crippen LogP contribution in [0.4, 0.5) is 5.69 Å². The van der Waals surface area contributed by atoms with E-state index in [4.69, 9.17) is 16.3 Å². The van der Waals surface area contributed by atoms with Crippen LogP contribution in [0.1, 0.15) is 46.8 Å². The summed E-state index contributed by atoms with van der Waals surface area (Å²) in [6.45, 7) is 6.79. The lowest BCUT2D eigenvalue weighted by molar-refractivity contribution is 0.0947. The van der Waals surface area contributed by atoms with Gasteiger partial charge in [-0.25, -0.2) is 8.42 Å². The Balaban J connectivity index is 1.67.